The predicted octanol–water partition coefficient (Wildman–Crippen LogP) is 4.08. The molecular weight excluding hydrogens is 418 g/mol. The monoisotopic (exact) mass is 433 g/mol. The van der Waals surface area contributed by atoms with Crippen molar-refractivity contribution >= 4 is 46.4 Å². The summed E-state index contributed by atoms with van der Waals surface area (Å²) < 4.78 is 0. The third-order valence-electron chi connectivity index (χ3n) is 4.56. The van der Waals surface area contributed by atoms with Crippen LogP contribution in [0.3, 0.4) is 0 Å². The van der Waals surface area contributed by atoms with Crippen LogP contribution in [0.2, 0.25) is 0 Å². The minimum Gasteiger partial charge on any atom is -0.508 e. The highest BCUT2D eigenvalue weighted by molar-refractivity contribution is 6.53. The number of hydrogen-bond donors (Lipinski definition) is 3. The molecule has 4 rings (SSSR count). The Balaban J connectivity index is 1.53. The molecular formula is C23H16ClN3O4. The van der Waals surface area contributed by atoms with Crippen molar-refractivity contribution in [2.45, 2.75) is 0 Å². The molecule has 3 aromatic carbocycles. The largest absolute Gasteiger partial charge is 0.508 e. The fourth-order valence-electron chi connectivity index (χ4n) is 3.05. The molecule has 1 aliphatic heterocycles. The van der Waals surface area contributed by atoms with Gasteiger partial charge in [0.05, 0.1) is 5.69 Å². The van der Waals surface area contributed by atoms with Crippen molar-refractivity contribution in [3.8, 4) is 5.75 Å². The van der Waals surface area contributed by atoms with Crippen LogP contribution in [0.1, 0.15) is 10.4 Å². The van der Waals surface area contributed by atoms with Crippen molar-refractivity contribution < 1.29 is 19.5 Å². The zero-order valence-electron chi connectivity index (χ0n) is 16.0. The van der Waals surface area contributed by atoms with E-state index in [4.69, 9.17) is 11.6 Å². The molecule has 0 atom stereocenters. The zero-order valence-corrected chi connectivity index (χ0v) is 16.8. The summed E-state index contributed by atoms with van der Waals surface area (Å²) in [5.74, 6) is -1.49. The van der Waals surface area contributed by atoms with E-state index in [-0.39, 0.29) is 22.4 Å². The van der Waals surface area contributed by atoms with Crippen LogP contribution in [-0.2, 0) is 9.59 Å². The Morgan fingerprint density at radius 2 is 1.55 bits per heavy atom. The second-order valence-electron chi connectivity index (χ2n) is 6.68. The molecule has 0 aromatic heterocycles. The summed E-state index contributed by atoms with van der Waals surface area (Å²) in [6.07, 6.45) is 0. The summed E-state index contributed by atoms with van der Waals surface area (Å²) in [4.78, 5) is 38.9. The van der Waals surface area contributed by atoms with E-state index in [9.17, 15) is 19.5 Å². The molecule has 0 saturated carbocycles. The molecule has 1 aliphatic rings. The van der Waals surface area contributed by atoms with Crippen LogP contribution in [0.4, 0.5) is 17.1 Å². The Labute approximate surface area is 182 Å². The molecule has 3 N–H and O–H groups in total. The van der Waals surface area contributed by atoms with Gasteiger partial charge in [0.25, 0.3) is 17.7 Å². The number of phenolic OH excluding ortho intramolecular Hbond substituents is 1. The lowest BCUT2D eigenvalue weighted by Gasteiger charge is -2.15. The van der Waals surface area contributed by atoms with E-state index < -0.39 is 11.8 Å². The molecule has 0 saturated heterocycles. The Bertz CT molecular complexity index is 1210. The van der Waals surface area contributed by atoms with Crippen molar-refractivity contribution in [3.63, 3.8) is 0 Å². The van der Waals surface area contributed by atoms with Crippen molar-refractivity contribution in [1.82, 2.24) is 0 Å². The Morgan fingerprint density at radius 3 is 2.26 bits per heavy atom. The summed E-state index contributed by atoms with van der Waals surface area (Å²) in [5, 5.41) is 14.7. The molecule has 0 radical (unpaired) electrons. The van der Waals surface area contributed by atoms with E-state index >= 15 is 0 Å². The number of nitrogens with one attached hydrogen (secondary N) is 2. The van der Waals surface area contributed by atoms with Gasteiger partial charge in [0, 0.05) is 16.9 Å². The van der Waals surface area contributed by atoms with E-state index in [2.05, 4.69) is 10.6 Å². The van der Waals surface area contributed by atoms with Gasteiger partial charge in [-0.3, -0.25) is 14.4 Å². The number of carbonyl (C=O) groups is 3. The first-order valence-electron chi connectivity index (χ1n) is 9.25. The van der Waals surface area contributed by atoms with Crippen LogP contribution in [0, 0.1) is 0 Å². The maximum atomic E-state index is 12.8. The summed E-state index contributed by atoms with van der Waals surface area (Å²) >= 11 is 6.15. The number of hydrogen-bond acceptors (Lipinski definition) is 5. The summed E-state index contributed by atoms with van der Waals surface area (Å²) in [5.41, 5.74) is 1.61. The molecule has 1 heterocycles. The lowest BCUT2D eigenvalue weighted by molar-refractivity contribution is -0.120. The number of anilines is 3. The summed E-state index contributed by atoms with van der Waals surface area (Å²) in [6, 6.07) is 21.0. The van der Waals surface area contributed by atoms with Gasteiger partial charge in [-0.1, -0.05) is 35.9 Å². The van der Waals surface area contributed by atoms with E-state index in [1.165, 1.54) is 18.2 Å². The van der Waals surface area contributed by atoms with Crippen LogP contribution in [0.25, 0.3) is 0 Å². The van der Waals surface area contributed by atoms with Crippen molar-refractivity contribution in [1.29, 1.82) is 0 Å². The summed E-state index contributed by atoms with van der Waals surface area (Å²) in [7, 11) is 0. The van der Waals surface area contributed by atoms with Crippen LogP contribution < -0.4 is 15.5 Å². The maximum absolute atomic E-state index is 12.8. The SMILES string of the molecule is O=C(Nc1ccc(O)cc1)c1cccc(NC2=C(Cl)C(=O)N(c3ccccc3)C2=O)c1. The number of imide groups is 1. The highest BCUT2D eigenvalue weighted by Crippen LogP contribution is 2.30. The first-order chi connectivity index (χ1) is 14.9. The van der Waals surface area contributed by atoms with Gasteiger partial charge in [-0.25, -0.2) is 4.90 Å². The standard InChI is InChI=1S/C23H16ClN3O4/c24-19-20(23(31)27(22(19)30)17-7-2-1-3-8-17)25-16-6-4-5-14(13-16)21(29)26-15-9-11-18(28)12-10-15/h1-13,25,28H,(H,26,29). The van der Waals surface area contributed by atoms with Crippen molar-refractivity contribution in [3.05, 3.63) is 95.2 Å². The smallest absolute Gasteiger partial charge is 0.283 e. The Morgan fingerprint density at radius 1 is 0.839 bits per heavy atom. The Kier molecular flexibility index (Phi) is 5.43. The fourth-order valence-corrected chi connectivity index (χ4v) is 3.27. The number of halogens is 1. The van der Waals surface area contributed by atoms with Crippen LogP contribution in [-0.4, -0.2) is 22.8 Å². The van der Waals surface area contributed by atoms with E-state index in [0.29, 0.717) is 22.6 Å². The van der Waals surface area contributed by atoms with Gasteiger partial charge in [-0.05, 0) is 54.6 Å². The molecule has 0 spiro atoms. The van der Waals surface area contributed by atoms with Crippen molar-refractivity contribution in [2.75, 3.05) is 15.5 Å². The van der Waals surface area contributed by atoms with Gasteiger partial charge in [0.2, 0.25) is 0 Å². The predicted molar refractivity (Wildman–Crippen MR) is 118 cm³/mol. The second-order valence-corrected chi connectivity index (χ2v) is 7.06. The lowest BCUT2D eigenvalue weighted by atomic mass is 10.1. The average molecular weight is 434 g/mol. The number of carbonyl (C=O) groups excluding carboxylic acids is 3. The molecule has 0 bridgehead atoms. The normalized spacial score (nSPS) is 13.5. The fraction of sp³-hybridized carbons (Fsp3) is 0. The molecule has 0 fully saturated rings. The van der Waals surface area contributed by atoms with Crippen molar-refractivity contribution in [2.24, 2.45) is 0 Å². The third-order valence-corrected chi connectivity index (χ3v) is 4.91. The topological polar surface area (TPSA) is 98.7 Å². The lowest BCUT2D eigenvalue weighted by Crippen LogP contribution is -2.32. The highest BCUT2D eigenvalue weighted by atomic mass is 35.5. The maximum Gasteiger partial charge on any atom is 0.283 e. The van der Waals surface area contributed by atoms with Gasteiger partial charge < -0.3 is 15.7 Å². The molecule has 0 unspecified atom stereocenters. The second kappa shape index (κ2) is 8.33. The minimum absolute atomic E-state index is 0.0633. The van der Waals surface area contributed by atoms with Gasteiger partial charge >= 0.3 is 0 Å². The first-order valence-corrected chi connectivity index (χ1v) is 9.63. The quantitative estimate of drug-likeness (QED) is 0.416. The molecule has 0 aliphatic carbocycles. The number of para-hydroxylation sites is 1. The summed E-state index contributed by atoms with van der Waals surface area (Å²) in [6.45, 7) is 0. The van der Waals surface area contributed by atoms with Gasteiger partial charge in [-0.2, -0.15) is 0 Å². The van der Waals surface area contributed by atoms with E-state index in [1.807, 2.05) is 0 Å². The van der Waals surface area contributed by atoms with Gasteiger partial charge in [0.1, 0.15) is 16.5 Å². The number of aromatic hydroxyl groups is 1. The minimum atomic E-state index is -0.624. The van der Waals surface area contributed by atoms with Gasteiger partial charge in [0.15, 0.2) is 0 Å². The highest BCUT2D eigenvalue weighted by Gasteiger charge is 2.38. The molecule has 154 valence electrons. The van der Waals surface area contributed by atoms with Crippen LogP contribution >= 0.6 is 11.6 Å². The van der Waals surface area contributed by atoms with Crippen LogP contribution in [0.15, 0.2) is 89.6 Å². The number of rotatable bonds is 5. The molecule has 8 heteroatoms. The zero-order chi connectivity index (χ0) is 22.0. The molecule has 3 aromatic rings. The Hall–Kier alpha value is -4.10. The van der Waals surface area contributed by atoms with E-state index in [0.717, 1.165) is 4.90 Å². The number of phenols is 1. The number of benzene rings is 3. The molecule has 3 amide bonds. The van der Waals surface area contributed by atoms with Crippen LogP contribution in [0.5, 0.6) is 5.75 Å². The van der Waals surface area contributed by atoms with E-state index in [1.54, 1.807) is 60.7 Å². The third kappa shape index (κ3) is 4.12. The van der Waals surface area contributed by atoms with Gasteiger partial charge in [-0.15, -0.1) is 0 Å². The number of nitrogens with zero attached hydrogens (tertiary/aromatic N) is 1. The average Bonchev–Trinajstić information content (AvgIpc) is 2.99. The number of amides is 3. The molecule has 31 heavy (non-hydrogen) atoms. The molecule has 7 nitrogen and oxygen atoms in total. The first kappa shape index (κ1) is 20.2.